The molecule has 5 heteroatoms. The first kappa shape index (κ1) is 13.7. The maximum absolute atomic E-state index is 11.9. The van der Waals surface area contributed by atoms with E-state index in [1.54, 1.807) is 19.2 Å². The Hall–Kier alpha value is -1.76. The molecule has 0 fully saturated rings. The number of amides is 2. The number of para-hydroxylation sites is 1. The monoisotopic (exact) mass is 368 g/mol. The summed E-state index contributed by atoms with van der Waals surface area (Å²) in [6.45, 7) is 0. The van der Waals surface area contributed by atoms with Crippen LogP contribution in [-0.4, -0.2) is 13.1 Å². The van der Waals surface area contributed by atoms with Crippen molar-refractivity contribution in [3.63, 3.8) is 0 Å². The van der Waals surface area contributed by atoms with Crippen molar-refractivity contribution in [3.8, 4) is 5.75 Å². The van der Waals surface area contributed by atoms with Crippen molar-refractivity contribution in [2.45, 2.75) is 0 Å². The van der Waals surface area contributed by atoms with Crippen LogP contribution in [0.4, 0.5) is 16.2 Å². The number of carbonyl (C=O) groups excluding carboxylic acids is 1. The second-order valence-corrected chi connectivity index (χ2v) is 4.95. The van der Waals surface area contributed by atoms with Crippen LogP contribution in [0.3, 0.4) is 0 Å². The Morgan fingerprint density at radius 2 is 1.89 bits per heavy atom. The van der Waals surface area contributed by atoms with Gasteiger partial charge in [-0.3, -0.25) is 0 Å². The number of anilines is 2. The summed E-state index contributed by atoms with van der Waals surface area (Å²) in [5, 5.41) is 5.56. The zero-order valence-corrected chi connectivity index (χ0v) is 12.5. The molecular weight excluding hydrogens is 355 g/mol. The zero-order valence-electron chi connectivity index (χ0n) is 10.3. The normalized spacial score (nSPS) is 9.79. The summed E-state index contributed by atoms with van der Waals surface area (Å²) in [4.78, 5) is 11.9. The molecule has 0 saturated carbocycles. The Labute approximate surface area is 125 Å². The van der Waals surface area contributed by atoms with E-state index in [4.69, 9.17) is 4.74 Å². The topological polar surface area (TPSA) is 50.4 Å². The molecular formula is C14H13IN2O2. The SMILES string of the molecule is COc1cccc(NC(=O)Nc2ccccc2I)c1. The van der Waals surface area contributed by atoms with Crippen LogP contribution in [0, 0.1) is 3.57 Å². The summed E-state index contributed by atoms with van der Waals surface area (Å²) >= 11 is 2.17. The standard InChI is InChI=1S/C14H13IN2O2/c1-19-11-6-4-5-10(9-11)16-14(18)17-13-8-3-2-7-12(13)15/h2-9H,1H3,(H2,16,17,18). The van der Waals surface area contributed by atoms with Crippen LogP contribution in [0.5, 0.6) is 5.75 Å². The van der Waals surface area contributed by atoms with E-state index in [0.29, 0.717) is 11.4 Å². The van der Waals surface area contributed by atoms with Crippen LogP contribution in [-0.2, 0) is 0 Å². The third-order valence-electron chi connectivity index (χ3n) is 2.45. The highest BCUT2D eigenvalue weighted by molar-refractivity contribution is 14.1. The Bertz CT molecular complexity index is 587. The number of hydrogen-bond acceptors (Lipinski definition) is 2. The highest BCUT2D eigenvalue weighted by atomic mass is 127. The molecule has 0 aromatic heterocycles. The summed E-state index contributed by atoms with van der Waals surface area (Å²) in [5.74, 6) is 0.701. The zero-order chi connectivity index (χ0) is 13.7. The minimum atomic E-state index is -0.280. The number of carbonyl (C=O) groups is 1. The third-order valence-corrected chi connectivity index (χ3v) is 3.39. The molecule has 98 valence electrons. The van der Waals surface area contributed by atoms with Crippen molar-refractivity contribution in [3.05, 3.63) is 52.1 Å². The number of ether oxygens (including phenoxy) is 1. The molecule has 0 radical (unpaired) electrons. The predicted octanol–water partition coefficient (Wildman–Crippen LogP) is 3.94. The van der Waals surface area contributed by atoms with Crippen molar-refractivity contribution in [1.29, 1.82) is 0 Å². The van der Waals surface area contributed by atoms with Crippen LogP contribution < -0.4 is 15.4 Å². The summed E-state index contributed by atoms with van der Waals surface area (Å²) in [6, 6.07) is 14.5. The molecule has 0 bridgehead atoms. The molecule has 0 aliphatic heterocycles. The first-order valence-corrected chi connectivity index (χ1v) is 6.73. The van der Waals surface area contributed by atoms with Gasteiger partial charge in [0.25, 0.3) is 0 Å². The van der Waals surface area contributed by atoms with E-state index < -0.39 is 0 Å². The molecule has 0 saturated heterocycles. The van der Waals surface area contributed by atoms with Gasteiger partial charge in [0.2, 0.25) is 0 Å². The molecule has 0 aliphatic rings. The van der Waals surface area contributed by atoms with Gasteiger partial charge in [0, 0.05) is 15.3 Å². The number of urea groups is 1. The lowest BCUT2D eigenvalue weighted by Crippen LogP contribution is -2.19. The summed E-state index contributed by atoms with van der Waals surface area (Å²) < 4.78 is 6.09. The number of methoxy groups -OCH3 is 1. The molecule has 2 amide bonds. The van der Waals surface area contributed by atoms with Crippen LogP contribution in [0.25, 0.3) is 0 Å². The number of nitrogens with one attached hydrogen (secondary N) is 2. The van der Waals surface area contributed by atoms with E-state index in [1.165, 1.54) is 0 Å². The number of hydrogen-bond donors (Lipinski definition) is 2. The van der Waals surface area contributed by atoms with Gasteiger partial charge in [-0.15, -0.1) is 0 Å². The minimum absolute atomic E-state index is 0.280. The van der Waals surface area contributed by atoms with Gasteiger partial charge < -0.3 is 15.4 Å². The first-order chi connectivity index (χ1) is 9.19. The highest BCUT2D eigenvalue weighted by Gasteiger charge is 2.05. The van der Waals surface area contributed by atoms with Crippen LogP contribution >= 0.6 is 22.6 Å². The number of rotatable bonds is 3. The highest BCUT2D eigenvalue weighted by Crippen LogP contribution is 2.19. The van der Waals surface area contributed by atoms with E-state index in [-0.39, 0.29) is 6.03 Å². The second kappa shape index (κ2) is 6.42. The predicted molar refractivity (Wildman–Crippen MR) is 84.8 cm³/mol. The number of benzene rings is 2. The van der Waals surface area contributed by atoms with Crippen LogP contribution in [0.15, 0.2) is 48.5 Å². The van der Waals surface area contributed by atoms with Gasteiger partial charge >= 0.3 is 6.03 Å². The molecule has 2 N–H and O–H groups in total. The first-order valence-electron chi connectivity index (χ1n) is 5.65. The van der Waals surface area contributed by atoms with Crippen molar-refractivity contribution in [2.75, 3.05) is 17.7 Å². The molecule has 0 heterocycles. The maximum Gasteiger partial charge on any atom is 0.323 e. The van der Waals surface area contributed by atoms with Crippen molar-refractivity contribution in [2.24, 2.45) is 0 Å². The fourth-order valence-electron chi connectivity index (χ4n) is 1.55. The molecule has 2 aromatic rings. The maximum atomic E-state index is 11.9. The summed E-state index contributed by atoms with van der Waals surface area (Å²) in [7, 11) is 1.59. The molecule has 0 spiro atoms. The van der Waals surface area contributed by atoms with Gasteiger partial charge in [0.05, 0.1) is 12.8 Å². The quantitative estimate of drug-likeness (QED) is 0.807. The number of halogens is 1. The molecule has 2 rings (SSSR count). The molecule has 0 aliphatic carbocycles. The van der Waals surface area contributed by atoms with Crippen molar-refractivity contribution < 1.29 is 9.53 Å². The van der Waals surface area contributed by atoms with Crippen molar-refractivity contribution >= 4 is 40.0 Å². The van der Waals surface area contributed by atoms with Gasteiger partial charge in [0.1, 0.15) is 5.75 Å². The Morgan fingerprint density at radius 3 is 2.63 bits per heavy atom. The largest absolute Gasteiger partial charge is 0.497 e. The fourth-order valence-corrected chi connectivity index (χ4v) is 2.07. The van der Waals surface area contributed by atoms with Gasteiger partial charge in [-0.25, -0.2) is 4.79 Å². The smallest absolute Gasteiger partial charge is 0.323 e. The van der Waals surface area contributed by atoms with Gasteiger partial charge in [-0.1, -0.05) is 18.2 Å². The van der Waals surface area contributed by atoms with E-state index >= 15 is 0 Å². The average molecular weight is 368 g/mol. The fraction of sp³-hybridized carbons (Fsp3) is 0.0714. The van der Waals surface area contributed by atoms with Crippen LogP contribution in [0.1, 0.15) is 0 Å². The Morgan fingerprint density at radius 1 is 1.11 bits per heavy atom. The summed E-state index contributed by atoms with van der Waals surface area (Å²) in [5.41, 5.74) is 1.46. The molecule has 4 nitrogen and oxygen atoms in total. The molecule has 2 aromatic carbocycles. The second-order valence-electron chi connectivity index (χ2n) is 3.79. The van der Waals surface area contributed by atoms with Gasteiger partial charge in [-0.2, -0.15) is 0 Å². The van der Waals surface area contributed by atoms with E-state index in [1.807, 2.05) is 36.4 Å². The minimum Gasteiger partial charge on any atom is -0.497 e. The van der Waals surface area contributed by atoms with Crippen molar-refractivity contribution in [1.82, 2.24) is 0 Å². The molecule has 0 atom stereocenters. The van der Waals surface area contributed by atoms with Gasteiger partial charge in [0.15, 0.2) is 0 Å². The van der Waals surface area contributed by atoms with E-state index in [9.17, 15) is 4.79 Å². The summed E-state index contributed by atoms with van der Waals surface area (Å²) in [6.07, 6.45) is 0. The van der Waals surface area contributed by atoms with Crippen LogP contribution in [0.2, 0.25) is 0 Å². The lowest BCUT2D eigenvalue weighted by atomic mass is 10.3. The third kappa shape index (κ3) is 3.85. The average Bonchev–Trinajstić information content (AvgIpc) is 2.41. The van der Waals surface area contributed by atoms with Gasteiger partial charge in [-0.05, 0) is 46.9 Å². The Balaban J connectivity index is 2.03. The van der Waals surface area contributed by atoms with E-state index in [2.05, 4.69) is 33.2 Å². The molecule has 19 heavy (non-hydrogen) atoms. The molecule has 0 unspecified atom stereocenters. The Kier molecular flexibility index (Phi) is 4.62. The lowest BCUT2D eigenvalue weighted by molar-refractivity contribution is 0.262. The van der Waals surface area contributed by atoms with E-state index in [0.717, 1.165) is 9.26 Å². The lowest BCUT2D eigenvalue weighted by Gasteiger charge is -2.09.